The van der Waals surface area contributed by atoms with Crippen LogP contribution in [0.5, 0.6) is 5.75 Å². The average Bonchev–Trinajstić information content (AvgIpc) is 3.18. The van der Waals surface area contributed by atoms with Crippen LogP contribution in [0.4, 0.5) is 0 Å². The minimum absolute atomic E-state index is 0.125. The molecule has 1 spiro atoms. The van der Waals surface area contributed by atoms with Crippen LogP contribution in [0.3, 0.4) is 0 Å². The summed E-state index contributed by atoms with van der Waals surface area (Å²) in [6, 6.07) is 7.26. The molecule has 0 saturated carbocycles. The van der Waals surface area contributed by atoms with E-state index >= 15 is 0 Å². The van der Waals surface area contributed by atoms with Crippen molar-refractivity contribution in [2.45, 2.75) is 38.5 Å². The Morgan fingerprint density at radius 1 is 1.21 bits per heavy atom. The second-order valence-electron chi connectivity index (χ2n) is 9.69. The number of likely N-dealkylation sites (tertiary alicyclic amines) is 1. The minimum Gasteiger partial charge on any atom is -0.493 e. The van der Waals surface area contributed by atoms with Gasteiger partial charge in [-0.2, -0.15) is 11.3 Å². The molecule has 4 rings (SSSR count). The van der Waals surface area contributed by atoms with Crippen LogP contribution in [-0.4, -0.2) is 55.4 Å². The molecule has 1 fully saturated rings. The van der Waals surface area contributed by atoms with Gasteiger partial charge in [-0.05, 0) is 67.3 Å². The lowest BCUT2D eigenvalue weighted by atomic mass is 9.82. The molecule has 2 amide bonds. The van der Waals surface area contributed by atoms with Crippen molar-refractivity contribution in [3.8, 4) is 5.75 Å². The molecule has 2 aromatic rings. The van der Waals surface area contributed by atoms with Crippen LogP contribution in [0.1, 0.15) is 49.0 Å². The lowest BCUT2D eigenvalue weighted by Crippen LogP contribution is -2.47. The molecule has 7 heteroatoms. The van der Waals surface area contributed by atoms with E-state index in [-0.39, 0.29) is 17.2 Å². The van der Waals surface area contributed by atoms with Gasteiger partial charge < -0.3 is 14.5 Å². The fraction of sp³-hybridized carbons (Fsp3) is 0.462. The van der Waals surface area contributed by atoms with E-state index in [1.54, 1.807) is 43.6 Å². The number of ether oxygens (including phenoxy) is 1. The predicted molar refractivity (Wildman–Crippen MR) is 133 cm³/mol. The summed E-state index contributed by atoms with van der Waals surface area (Å²) in [6.07, 6.45) is 5.19. The summed E-state index contributed by atoms with van der Waals surface area (Å²) in [6.45, 7) is 6.21. The number of benzene rings is 1. The summed E-state index contributed by atoms with van der Waals surface area (Å²) in [7, 11) is 3.40. The van der Waals surface area contributed by atoms with Gasteiger partial charge in [-0.3, -0.25) is 9.59 Å². The molecule has 5 nitrogen and oxygen atoms in total. The van der Waals surface area contributed by atoms with Crippen LogP contribution in [0.25, 0.3) is 0 Å². The first-order valence-corrected chi connectivity index (χ1v) is 12.6. The van der Waals surface area contributed by atoms with Crippen LogP contribution >= 0.6 is 22.9 Å². The summed E-state index contributed by atoms with van der Waals surface area (Å²) in [5, 5.41) is 4.50. The van der Waals surface area contributed by atoms with E-state index in [0.29, 0.717) is 22.9 Å². The molecular formula is C26H31ClN2O3S. The summed E-state index contributed by atoms with van der Waals surface area (Å²) in [5.74, 6) is 0.760. The van der Waals surface area contributed by atoms with Crippen molar-refractivity contribution >= 4 is 34.8 Å². The zero-order chi connectivity index (χ0) is 23.8. The van der Waals surface area contributed by atoms with E-state index in [2.05, 4.69) is 17.5 Å². The maximum Gasteiger partial charge on any atom is 0.254 e. The highest BCUT2D eigenvalue weighted by Gasteiger charge is 2.47. The fourth-order valence-electron chi connectivity index (χ4n) is 4.61. The fourth-order valence-corrected chi connectivity index (χ4v) is 5.69. The zero-order valence-electron chi connectivity index (χ0n) is 19.7. The maximum absolute atomic E-state index is 13.1. The van der Waals surface area contributed by atoms with E-state index in [9.17, 15) is 9.59 Å². The number of thiophene rings is 1. The van der Waals surface area contributed by atoms with Crippen LogP contribution in [0.2, 0.25) is 5.02 Å². The first-order chi connectivity index (χ1) is 15.6. The number of rotatable bonds is 7. The van der Waals surface area contributed by atoms with E-state index < -0.39 is 5.41 Å². The Morgan fingerprint density at radius 2 is 1.94 bits per heavy atom. The molecule has 1 aromatic carbocycles. The number of nitrogens with zero attached hydrogens (tertiary/aromatic N) is 2. The second-order valence-corrected chi connectivity index (χ2v) is 10.9. The maximum atomic E-state index is 13.1. The van der Waals surface area contributed by atoms with Crippen molar-refractivity contribution in [1.82, 2.24) is 9.80 Å². The molecule has 1 saturated heterocycles. The highest BCUT2D eigenvalue weighted by atomic mass is 35.5. The molecular weight excluding hydrogens is 456 g/mol. The van der Waals surface area contributed by atoms with Gasteiger partial charge in [0, 0.05) is 39.0 Å². The number of hydrogen-bond donors (Lipinski definition) is 0. The van der Waals surface area contributed by atoms with Crippen LogP contribution in [0.15, 0.2) is 46.7 Å². The Bertz CT molecular complexity index is 1070. The molecule has 0 unspecified atom stereocenters. The summed E-state index contributed by atoms with van der Waals surface area (Å²) < 4.78 is 5.90. The van der Waals surface area contributed by atoms with Gasteiger partial charge in [0.15, 0.2) is 0 Å². The van der Waals surface area contributed by atoms with Crippen LogP contribution in [-0.2, 0) is 10.2 Å². The van der Waals surface area contributed by atoms with Crippen molar-refractivity contribution in [3.63, 3.8) is 0 Å². The quantitative estimate of drug-likeness (QED) is 0.492. The van der Waals surface area contributed by atoms with E-state index in [0.717, 1.165) is 37.9 Å². The Kier molecular flexibility index (Phi) is 6.61. The minimum atomic E-state index is -0.480. The molecule has 2 aliphatic rings. The Hall–Kier alpha value is -2.31. The number of carbonyl (C=O) groups excluding carboxylic acids is 2. The number of piperidine rings is 1. The molecule has 176 valence electrons. The Labute approximate surface area is 205 Å². The highest BCUT2D eigenvalue weighted by Crippen LogP contribution is 2.54. The van der Waals surface area contributed by atoms with Gasteiger partial charge in [0.2, 0.25) is 5.91 Å². The highest BCUT2D eigenvalue weighted by molar-refractivity contribution is 7.08. The van der Waals surface area contributed by atoms with E-state index in [1.165, 1.54) is 10.5 Å². The van der Waals surface area contributed by atoms with Crippen molar-refractivity contribution < 1.29 is 14.3 Å². The molecule has 1 aliphatic heterocycles. The van der Waals surface area contributed by atoms with Gasteiger partial charge in [0.05, 0.1) is 22.6 Å². The van der Waals surface area contributed by atoms with Crippen molar-refractivity contribution in [3.05, 3.63) is 62.8 Å². The number of amides is 2. The average molecular weight is 487 g/mol. The topological polar surface area (TPSA) is 49.9 Å². The largest absolute Gasteiger partial charge is 0.493 e. The van der Waals surface area contributed by atoms with Gasteiger partial charge in [-0.1, -0.05) is 23.3 Å². The smallest absolute Gasteiger partial charge is 0.254 e. The second kappa shape index (κ2) is 9.15. The van der Waals surface area contributed by atoms with Crippen molar-refractivity contribution in [2.75, 3.05) is 33.8 Å². The molecule has 1 aromatic heterocycles. The van der Waals surface area contributed by atoms with Gasteiger partial charge >= 0.3 is 0 Å². The van der Waals surface area contributed by atoms with Gasteiger partial charge in [0.1, 0.15) is 5.75 Å². The summed E-state index contributed by atoms with van der Waals surface area (Å²) >= 11 is 7.91. The zero-order valence-corrected chi connectivity index (χ0v) is 21.3. The number of allylic oxidation sites excluding steroid dienone is 1. The SMILES string of the molecule is CN(C)C(=O)c1ccc(OCCC2=CC23CCN(C(=O)C(C)(C)c2ccsc2)CC3)cc1Cl. The first-order valence-electron chi connectivity index (χ1n) is 11.3. The van der Waals surface area contributed by atoms with Crippen LogP contribution in [0, 0.1) is 5.41 Å². The Balaban J connectivity index is 1.24. The number of carbonyl (C=O) groups is 2. The van der Waals surface area contributed by atoms with Gasteiger partial charge in [-0.15, -0.1) is 0 Å². The van der Waals surface area contributed by atoms with Crippen LogP contribution < -0.4 is 4.74 Å². The summed E-state index contributed by atoms with van der Waals surface area (Å²) in [5.41, 5.74) is 2.69. The lowest BCUT2D eigenvalue weighted by molar-refractivity contribution is -0.137. The Morgan fingerprint density at radius 3 is 2.55 bits per heavy atom. The van der Waals surface area contributed by atoms with Gasteiger partial charge in [-0.25, -0.2) is 0 Å². The molecule has 0 atom stereocenters. The third kappa shape index (κ3) is 4.82. The normalized spacial score (nSPS) is 17.0. The molecule has 0 radical (unpaired) electrons. The van der Waals surface area contributed by atoms with Crippen molar-refractivity contribution in [2.24, 2.45) is 5.41 Å². The lowest BCUT2D eigenvalue weighted by Gasteiger charge is -2.38. The van der Waals surface area contributed by atoms with Crippen molar-refractivity contribution in [1.29, 1.82) is 0 Å². The number of hydrogen-bond acceptors (Lipinski definition) is 4. The third-order valence-corrected chi connectivity index (χ3v) is 7.94. The van der Waals surface area contributed by atoms with E-state index in [4.69, 9.17) is 16.3 Å². The summed E-state index contributed by atoms with van der Waals surface area (Å²) in [4.78, 5) is 28.8. The molecule has 0 bridgehead atoms. The molecule has 33 heavy (non-hydrogen) atoms. The standard InChI is InChI=1S/C26H31ClN2O3S/c1-25(2,19-8-14-33-17-19)24(31)29-11-9-26(10-12-29)16-18(26)7-13-32-20-5-6-21(22(27)15-20)23(30)28(3)4/h5-6,8,14-17H,7,9-13H2,1-4H3. The third-order valence-electron chi connectivity index (χ3n) is 6.94. The molecule has 2 heterocycles. The first kappa shape index (κ1) is 23.8. The molecule has 1 aliphatic carbocycles. The van der Waals surface area contributed by atoms with Gasteiger partial charge in [0.25, 0.3) is 5.91 Å². The molecule has 0 N–H and O–H groups in total. The monoisotopic (exact) mass is 486 g/mol. The number of halogens is 1. The predicted octanol–water partition coefficient (Wildman–Crippen LogP) is 5.40. The van der Waals surface area contributed by atoms with E-state index in [1.807, 2.05) is 24.1 Å².